The van der Waals surface area contributed by atoms with Gasteiger partial charge >= 0.3 is 0 Å². The van der Waals surface area contributed by atoms with Gasteiger partial charge in [-0.1, -0.05) is 19.1 Å². The largest absolute Gasteiger partial charge is 0.388 e. The van der Waals surface area contributed by atoms with Crippen molar-refractivity contribution in [1.29, 1.82) is 0 Å². The molecule has 1 heterocycles. The summed E-state index contributed by atoms with van der Waals surface area (Å²) >= 11 is 0. The van der Waals surface area contributed by atoms with Gasteiger partial charge in [0.15, 0.2) is 0 Å². The summed E-state index contributed by atoms with van der Waals surface area (Å²) in [6.45, 7) is 5.27. The Morgan fingerprint density at radius 3 is 2.80 bits per heavy atom. The number of anilines is 1. The Bertz CT molecular complexity index is 487. The molecule has 2 unspecified atom stereocenters. The smallest absolute Gasteiger partial charge is 0.234 e. The van der Waals surface area contributed by atoms with Crippen molar-refractivity contribution in [1.82, 2.24) is 0 Å². The molecule has 0 saturated heterocycles. The third kappa shape index (κ3) is 2.72. The van der Waals surface area contributed by atoms with E-state index in [0.29, 0.717) is 13.0 Å². The predicted octanol–water partition coefficient (Wildman–Crippen LogP) is 2.32. The number of nitrogens with two attached hydrogens (primary N) is 1. The molecule has 1 amide bonds. The molecule has 0 aromatic heterocycles. The second kappa shape index (κ2) is 6.37. The molecule has 0 radical (unpaired) electrons. The molecule has 0 spiro atoms. The van der Waals surface area contributed by atoms with E-state index in [0.717, 1.165) is 36.2 Å². The molecule has 3 N–H and O–H groups in total. The van der Waals surface area contributed by atoms with Gasteiger partial charge in [-0.3, -0.25) is 4.79 Å². The zero-order valence-corrected chi connectivity index (χ0v) is 12.3. The average molecular weight is 276 g/mol. The number of hydrogen-bond donors (Lipinski definition) is 2. The summed E-state index contributed by atoms with van der Waals surface area (Å²) in [5, 5.41) is 9.94. The minimum absolute atomic E-state index is 0.119. The molecular formula is C16H24N2O2. The van der Waals surface area contributed by atoms with Gasteiger partial charge in [-0.15, -0.1) is 0 Å². The molecule has 0 fully saturated rings. The number of carbonyl (C=O) groups excluding carboxylic acids is 1. The maximum Gasteiger partial charge on any atom is 0.234 e. The van der Waals surface area contributed by atoms with Gasteiger partial charge in [0.2, 0.25) is 5.91 Å². The fourth-order valence-corrected chi connectivity index (χ4v) is 2.74. The average Bonchev–Trinajstić information content (AvgIpc) is 2.71. The summed E-state index contributed by atoms with van der Waals surface area (Å²) in [6.07, 6.45) is 2.09. The zero-order valence-electron chi connectivity index (χ0n) is 12.3. The minimum atomic E-state index is -0.450. The van der Waals surface area contributed by atoms with E-state index in [1.807, 2.05) is 36.9 Å². The molecule has 1 aliphatic heterocycles. The first kappa shape index (κ1) is 15.0. The van der Waals surface area contributed by atoms with Crippen LogP contribution in [0.3, 0.4) is 0 Å². The summed E-state index contributed by atoms with van der Waals surface area (Å²) in [5.41, 5.74) is 8.43. The number of fused-ring (bicyclic) bond motifs is 1. The fourth-order valence-electron chi connectivity index (χ4n) is 2.74. The van der Waals surface area contributed by atoms with Crippen LogP contribution in [-0.4, -0.2) is 24.1 Å². The Hall–Kier alpha value is -1.39. The van der Waals surface area contributed by atoms with Crippen molar-refractivity contribution < 1.29 is 9.90 Å². The van der Waals surface area contributed by atoms with Crippen LogP contribution >= 0.6 is 0 Å². The number of nitrogens with zero attached hydrogens (tertiary/aromatic N) is 1. The number of benzene rings is 1. The lowest BCUT2D eigenvalue weighted by atomic mass is 9.98. The Morgan fingerprint density at radius 2 is 2.15 bits per heavy atom. The molecule has 4 heteroatoms. The lowest BCUT2D eigenvalue weighted by molar-refractivity contribution is -0.119. The Labute approximate surface area is 120 Å². The normalized spacial score (nSPS) is 19.3. The van der Waals surface area contributed by atoms with Crippen LogP contribution in [-0.2, 0) is 4.79 Å². The lowest BCUT2D eigenvalue weighted by Crippen LogP contribution is -2.29. The maximum absolute atomic E-state index is 12.3. The zero-order chi connectivity index (χ0) is 14.7. The van der Waals surface area contributed by atoms with E-state index in [4.69, 9.17) is 5.73 Å². The van der Waals surface area contributed by atoms with E-state index in [1.54, 1.807) is 0 Å². The monoisotopic (exact) mass is 276 g/mol. The first-order valence-electron chi connectivity index (χ1n) is 7.43. The van der Waals surface area contributed by atoms with Gasteiger partial charge in [0.05, 0.1) is 12.0 Å². The van der Waals surface area contributed by atoms with E-state index >= 15 is 0 Å². The second-order valence-corrected chi connectivity index (χ2v) is 5.45. The Morgan fingerprint density at radius 1 is 1.40 bits per heavy atom. The van der Waals surface area contributed by atoms with E-state index < -0.39 is 6.10 Å². The van der Waals surface area contributed by atoms with E-state index in [2.05, 4.69) is 0 Å². The van der Waals surface area contributed by atoms with Crippen LogP contribution in [0.2, 0.25) is 0 Å². The number of aliphatic hydroxyl groups excluding tert-OH is 1. The maximum atomic E-state index is 12.3. The first-order valence-corrected chi connectivity index (χ1v) is 7.43. The summed E-state index contributed by atoms with van der Waals surface area (Å²) in [4.78, 5) is 14.2. The third-order valence-corrected chi connectivity index (χ3v) is 4.05. The molecule has 1 aromatic rings. The van der Waals surface area contributed by atoms with Gasteiger partial charge in [-0.05, 0) is 49.9 Å². The van der Waals surface area contributed by atoms with Gasteiger partial charge in [0.25, 0.3) is 0 Å². The highest BCUT2D eigenvalue weighted by Crippen LogP contribution is 2.38. The molecule has 20 heavy (non-hydrogen) atoms. The lowest BCUT2D eigenvalue weighted by Gasteiger charge is -2.18. The summed E-state index contributed by atoms with van der Waals surface area (Å²) in [7, 11) is 0. The molecule has 0 saturated carbocycles. The van der Waals surface area contributed by atoms with E-state index in [1.165, 1.54) is 0 Å². The van der Waals surface area contributed by atoms with Gasteiger partial charge in [0, 0.05) is 12.2 Å². The molecule has 0 bridgehead atoms. The number of rotatable bonds is 6. The molecule has 1 aliphatic rings. The highest BCUT2D eigenvalue weighted by molar-refractivity contribution is 6.04. The van der Waals surface area contributed by atoms with Crippen LogP contribution < -0.4 is 10.6 Å². The Balaban J connectivity index is 2.24. The van der Waals surface area contributed by atoms with E-state index in [-0.39, 0.29) is 11.8 Å². The van der Waals surface area contributed by atoms with Crippen molar-refractivity contribution >= 4 is 11.6 Å². The van der Waals surface area contributed by atoms with Gasteiger partial charge in [-0.2, -0.15) is 0 Å². The van der Waals surface area contributed by atoms with Crippen molar-refractivity contribution in [2.24, 2.45) is 5.73 Å². The summed E-state index contributed by atoms with van der Waals surface area (Å²) in [6, 6.07) is 5.87. The third-order valence-electron chi connectivity index (χ3n) is 4.05. The molecule has 2 rings (SSSR count). The fraction of sp³-hybridized carbons (Fsp3) is 0.562. The quantitative estimate of drug-likeness (QED) is 0.784. The van der Waals surface area contributed by atoms with Crippen LogP contribution in [0.4, 0.5) is 5.69 Å². The predicted molar refractivity (Wildman–Crippen MR) is 80.7 cm³/mol. The molecule has 110 valence electrons. The van der Waals surface area contributed by atoms with Crippen molar-refractivity contribution in [3.05, 3.63) is 29.3 Å². The van der Waals surface area contributed by atoms with Crippen LogP contribution in [0.1, 0.15) is 56.3 Å². The SMILES string of the molecule is CCC(O)c1ccc2c(c1)C(C)C(=O)N2CCCCN. The van der Waals surface area contributed by atoms with Crippen molar-refractivity contribution in [3.63, 3.8) is 0 Å². The topological polar surface area (TPSA) is 66.6 Å². The van der Waals surface area contributed by atoms with Crippen molar-refractivity contribution in [2.75, 3.05) is 18.0 Å². The first-order chi connectivity index (χ1) is 9.60. The molecule has 1 aromatic carbocycles. The van der Waals surface area contributed by atoms with Gasteiger partial charge in [0.1, 0.15) is 0 Å². The second-order valence-electron chi connectivity index (χ2n) is 5.45. The van der Waals surface area contributed by atoms with E-state index in [9.17, 15) is 9.90 Å². The van der Waals surface area contributed by atoms with Gasteiger partial charge < -0.3 is 15.7 Å². The van der Waals surface area contributed by atoms with Crippen LogP contribution in [0.15, 0.2) is 18.2 Å². The molecule has 0 aliphatic carbocycles. The van der Waals surface area contributed by atoms with Gasteiger partial charge in [-0.25, -0.2) is 0 Å². The standard InChI is InChI=1S/C16H24N2O2/c1-3-15(19)12-6-7-14-13(10-12)11(2)16(20)18(14)9-5-4-8-17/h6-7,10-11,15,19H,3-5,8-9,17H2,1-2H3. The summed E-state index contributed by atoms with van der Waals surface area (Å²) < 4.78 is 0. The number of carbonyl (C=O) groups is 1. The van der Waals surface area contributed by atoms with Crippen molar-refractivity contribution in [3.8, 4) is 0 Å². The highest BCUT2D eigenvalue weighted by atomic mass is 16.3. The molecular weight excluding hydrogens is 252 g/mol. The van der Waals surface area contributed by atoms with Crippen LogP contribution in [0.25, 0.3) is 0 Å². The molecule has 4 nitrogen and oxygen atoms in total. The van der Waals surface area contributed by atoms with Crippen molar-refractivity contribution in [2.45, 2.75) is 45.1 Å². The number of hydrogen-bond acceptors (Lipinski definition) is 3. The summed E-state index contributed by atoms with van der Waals surface area (Å²) in [5.74, 6) is 0.0343. The number of unbranched alkanes of at least 4 members (excludes halogenated alkanes) is 1. The highest BCUT2D eigenvalue weighted by Gasteiger charge is 2.34. The van der Waals surface area contributed by atoms with Crippen LogP contribution in [0.5, 0.6) is 0 Å². The Kier molecular flexibility index (Phi) is 4.78. The number of amides is 1. The van der Waals surface area contributed by atoms with Crippen LogP contribution in [0, 0.1) is 0 Å². The molecule has 2 atom stereocenters. The number of aliphatic hydroxyl groups is 1. The minimum Gasteiger partial charge on any atom is -0.388 e.